The molecule has 1 aliphatic rings. The van der Waals surface area contributed by atoms with Crippen LogP contribution in [-0.4, -0.2) is 37.7 Å². The molecule has 8 heteroatoms. The van der Waals surface area contributed by atoms with Gasteiger partial charge in [0.05, 0.1) is 17.9 Å². The molecule has 0 aliphatic carbocycles. The van der Waals surface area contributed by atoms with E-state index in [1.807, 2.05) is 11.4 Å². The second-order valence-electron chi connectivity index (χ2n) is 5.74. The van der Waals surface area contributed by atoms with Crippen molar-refractivity contribution in [1.29, 1.82) is 0 Å². The maximum absolute atomic E-state index is 12.4. The van der Waals surface area contributed by atoms with Gasteiger partial charge in [-0.15, -0.1) is 11.3 Å². The van der Waals surface area contributed by atoms with Crippen molar-refractivity contribution in [3.63, 3.8) is 0 Å². The topological polar surface area (TPSA) is 77.1 Å². The third kappa shape index (κ3) is 2.68. The lowest BCUT2D eigenvalue weighted by Gasteiger charge is -2.21. The van der Waals surface area contributed by atoms with Gasteiger partial charge in [0.1, 0.15) is 4.70 Å². The molecule has 1 saturated heterocycles. The van der Waals surface area contributed by atoms with E-state index in [0.717, 1.165) is 42.0 Å². The molecule has 0 aromatic carbocycles. The van der Waals surface area contributed by atoms with Crippen LogP contribution >= 0.6 is 11.3 Å². The van der Waals surface area contributed by atoms with E-state index in [1.165, 1.54) is 11.3 Å². The third-order valence-corrected chi connectivity index (χ3v) is 5.16. The molecule has 1 fully saturated rings. The van der Waals surface area contributed by atoms with Gasteiger partial charge in [0.2, 0.25) is 5.89 Å². The van der Waals surface area contributed by atoms with Gasteiger partial charge in [0.15, 0.2) is 5.82 Å². The molecule has 0 amide bonds. The number of aryl methyl sites for hydroxylation is 1. The maximum atomic E-state index is 12.4. The molecule has 3 aromatic rings. The average molecular weight is 331 g/mol. The minimum absolute atomic E-state index is 0.0381. The van der Waals surface area contributed by atoms with E-state index < -0.39 is 0 Å². The molecule has 0 N–H and O–H groups in total. The van der Waals surface area contributed by atoms with Gasteiger partial charge >= 0.3 is 0 Å². The summed E-state index contributed by atoms with van der Waals surface area (Å²) >= 11 is 1.44. The van der Waals surface area contributed by atoms with Gasteiger partial charge in [-0.05, 0) is 30.8 Å². The van der Waals surface area contributed by atoms with Crippen LogP contribution < -0.4 is 5.56 Å². The predicted molar refractivity (Wildman–Crippen MR) is 86.5 cm³/mol. The zero-order valence-electron chi connectivity index (χ0n) is 12.8. The fraction of sp³-hybridized carbons (Fsp3) is 0.467. The number of rotatable bonds is 4. The summed E-state index contributed by atoms with van der Waals surface area (Å²) in [6.07, 6.45) is 3.77. The van der Waals surface area contributed by atoms with Crippen LogP contribution in [0.15, 0.2) is 27.1 Å². The van der Waals surface area contributed by atoms with Gasteiger partial charge in [0, 0.05) is 20.0 Å². The molecular formula is C15H17N5O2S. The predicted octanol–water partition coefficient (Wildman–Crippen LogP) is 1.99. The zero-order chi connectivity index (χ0) is 15.8. The van der Waals surface area contributed by atoms with Crippen LogP contribution in [0.3, 0.4) is 0 Å². The summed E-state index contributed by atoms with van der Waals surface area (Å²) in [5.74, 6) is 1.34. The lowest BCUT2D eigenvalue weighted by molar-refractivity contribution is 0.232. The van der Waals surface area contributed by atoms with Gasteiger partial charge in [-0.25, -0.2) is 4.98 Å². The largest absolute Gasteiger partial charge is 0.340 e. The molecule has 1 unspecified atom stereocenters. The first-order chi connectivity index (χ1) is 11.2. The van der Waals surface area contributed by atoms with Crippen molar-refractivity contribution < 1.29 is 4.52 Å². The van der Waals surface area contributed by atoms with Crippen LogP contribution in [-0.2, 0) is 6.54 Å². The Morgan fingerprint density at radius 3 is 3.17 bits per heavy atom. The molecular weight excluding hydrogens is 314 g/mol. The molecule has 0 saturated carbocycles. The van der Waals surface area contributed by atoms with E-state index in [9.17, 15) is 4.79 Å². The van der Waals surface area contributed by atoms with E-state index in [2.05, 4.69) is 20.0 Å². The van der Waals surface area contributed by atoms with Crippen molar-refractivity contribution in [3.8, 4) is 0 Å². The Kier molecular flexibility index (Phi) is 3.70. The maximum Gasteiger partial charge on any atom is 0.271 e. The molecule has 120 valence electrons. The van der Waals surface area contributed by atoms with E-state index in [0.29, 0.717) is 12.4 Å². The molecule has 4 heterocycles. The van der Waals surface area contributed by atoms with Gasteiger partial charge < -0.3 is 4.52 Å². The number of nitrogens with zero attached hydrogens (tertiary/aromatic N) is 5. The van der Waals surface area contributed by atoms with Crippen LogP contribution in [0.1, 0.15) is 30.6 Å². The minimum Gasteiger partial charge on any atom is -0.340 e. The first-order valence-corrected chi connectivity index (χ1v) is 8.57. The van der Waals surface area contributed by atoms with Crippen molar-refractivity contribution in [2.75, 3.05) is 13.1 Å². The fourth-order valence-electron chi connectivity index (χ4n) is 3.11. The van der Waals surface area contributed by atoms with E-state index in [1.54, 1.807) is 17.8 Å². The lowest BCUT2D eigenvalue weighted by Crippen LogP contribution is -2.31. The molecule has 1 aliphatic heterocycles. The Morgan fingerprint density at radius 2 is 2.35 bits per heavy atom. The highest BCUT2D eigenvalue weighted by Crippen LogP contribution is 2.29. The second-order valence-corrected chi connectivity index (χ2v) is 6.66. The number of hydrogen-bond acceptors (Lipinski definition) is 7. The van der Waals surface area contributed by atoms with Gasteiger partial charge in [-0.1, -0.05) is 5.16 Å². The summed E-state index contributed by atoms with van der Waals surface area (Å²) in [6.45, 7) is 4.18. The monoisotopic (exact) mass is 331 g/mol. The minimum atomic E-state index is 0.0381. The number of likely N-dealkylation sites (tertiary alicyclic amines) is 1. The lowest BCUT2D eigenvalue weighted by atomic mass is 10.2. The van der Waals surface area contributed by atoms with Crippen molar-refractivity contribution in [1.82, 2.24) is 24.6 Å². The summed E-state index contributed by atoms with van der Waals surface area (Å²) in [7, 11) is 0. The van der Waals surface area contributed by atoms with E-state index in [4.69, 9.17) is 4.52 Å². The van der Waals surface area contributed by atoms with E-state index in [-0.39, 0.29) is 11.6 Å². The highest BCUT2D eigenvalue weighted by Gasteiger charge is 2.29. The summed E-state index contributed by atoms with van der Waals surface area (Å²) in [5, 5.41) is 5.95. The van der Waals surface area contributed by atoms with Gasteiger partial charge in [-0.2, -0.15) is 4.98 Å². The standard InChI is InChI=1S/C15H17N5O2S/c1-10-17-14(18-22-10)12-3-2-5-19(12)6-7-20-9-16-11-4-8-23-13(11)15(20)21/h4,8-9,12H,2-3,5-7H2,1H3. The quantitative estimate of drug-likeness (QED) is 0.727. The van der Waals surface area contributed by atoms with Crippen LogP contribution in [0.25, 0.3) is 10.2 Å². The van der Waals surface area contributed by atoms with Crippen LogP contribution in [0.4, 0.5) is 0 Å². The second kappa shape index (κ2) is 5.86. The summed E-state index contributed by atoms with van der Waals surface area (Å²) in [5.41, 5.74) is 0.814. The Hall–Kier alpha value is -2.06. The van der Waals surface area contributed by atoms with Crippen LogP contribution in [0, 0.1) is 6.92 Å². The van der Waals surface area contributed by atoms with Crippen molar-refractivity contribution in [2.24, 2.45) is 0 Å². The first-order valence-electron chi connectivity index (χ1n) is 7.69. The molecule has 23 heavy (non-hydrogen) atoms. The van der Waals surface area contributed by atoms with Crippen molar-refractivity contribution in [3.05, 3.63) is 39.8 Å². The third-order valence-electron chi connectivity index (χ3n) is 4.27. The molecule has 3 aromatic heterocycles. The number of fused-ring (bicyclic) bond motifs is 1. The highest BCUT2D eigenvalue weighted by atomic mass is 32.1. The van der Waals surface area contributed by atoms with Crippen molar-refractivity contribution >= 4 is 21.6 Å². The number of thiophene rings is 1. The Balaban J connectivity index is 1.51. The summed E-state index contributed by atoms with van der Waals surface area (Å²) in [4.78, 5) is 23.4. The molecule has 0 spiro atoms. The van der Waals surface area contributed by atoms with Crippen molar-refractivity contribution in [2.45, 2.75) is 32.4 Å². The summed E-state index contributed by atoms with van der Waals surface area (Å²) in [6, 6.07) is 2.06. The van der Waals surface area contributed by atoms with Gasteiger partial charge in [0.25, 0.3) is 5.56 Å². The SMILES string of the molecule is Cc1nc(C2CCCN2CCn2cnc3ccsc3c2=O)no1. The number of aromatic nitrogens is 4. The first kappa shape index (κ1) is 14.5. The van der Waals surface area contributed by atoms with Crippen LogP contribution in [0.2, 0.25) is 0 Å². The molecule has 0 bridgehead atoms. The number of hydrogen-bond donors (Lipinski definition) is 0. The average Bonchev–Trinajstić information content (AvgIpc) is 3.25. The Bertz CT molecular complexity index is 883. The summed E-state index contributed by atoms with van der Waals surface area (Å²) < 4.78 is 7.51. The Labute approximate surface area is 136 Å². The normalized spacial score (nSPS) is 18.9. The molecule has 1 atom stereocenters. The smallest absolute Gasteiger partial charge is 0.271 e. The van der Waals surface area contributed by atoms with E-state index >= 15 is 0 Å². The van der Waals surface area contributed by atoms with Crippen LogP contribution in [0.5, 0.6) is 0 Å². The molecule has 0 radical (unpaired) electrons. The molecule has 7 nitrogen and oxygen atoms in total. The fourth-order valence-corrected chi connectivity index (χ4v) is 3.90. The zero-order valence-corrected chi connectivity index (χ0v) is 13.6. The van der Waals surface area contributed by atoms with Gasteiger partial charge in [-0.3, -0.25) is 14.3 Å². The Morgan fingerprint density at radius 1 is 1.43 bits per heavy atom. The highest BCUT2D eigenvalue weighted by molar-refractivity contribution is 7.17. The molecule has 4 rings (SSSR count).